The molecular weight excluding hydrogens is 510 g/mol. The average Bonchev–Trinajstić information content (AvgIpc) is 3.29. The zero-order valence-corrected chi connectivity index (χ0v) is 18.9. The number of hydrogen-bond donors (Lipinski definition) is 2. The lowest BCUT2D eigenvalue weighted by Gasteiger charge is -2.18. The summed E-state index contributed by atoms with van der Waals surface area (Å²) in [5.41, 5.74) is 0.493. The Kier molecular flexibility index (Phi) is 8.85. The first-order valence-electron chi connectivity index (χ1n) is 8.51. The van der Waals surface area contributed by atoms with Crippen molar-refractivity contribution in [3.05, 3.63) is 29.8 Å². The molecule has 1 fully saturated rings. The van der Waals surface area contributed by atoms with Crippen molar-refractivity contribution in [2.45, 2.75) is 44.1 Å². The number of halogens is 4. The Bertz CT molecular complexity index is 787. The SMILES string of the molecule is CN=C(NC(C)CCS(C)(=O)=O)NC1CC1c1ccccc1OC(F)(F)F.I. The maximum atomic E-state index is 12.6. The number of para-hydroxylation sites is 1. The highest BCUT2D eigenvalue weighted by Crippen LogP contribution is 2.45. The third-order valence-electron chi connectivity index (χ3n) is 4.19. The van der Waals surface area contributed by atoms with Gasteiger partial charge in [0.1, 0.15) is 15.6 Å². The van der Waals surface area contributed by atoms with Crippen molar-refractivity contribution in [1.82, 2.24) is 10.6 Å². The van der Waals surface area contributed by atoms with Crippen LogP contribution in [0.1, 0.15) is 31.2 Å². The van der Waals surface area contributed by atoms with Crippen molar-refractivity contribution in [3.8, 4) is 5.75 Å². The van der Waals surface area contributed by atoms with E-state index in [2.05, 4.69) is 20.4 Å². The Hall–Kier alpha value is -1.24. The van der Waals surface area contributed by atoms with Crippen molar-refractivity contribution in [3.63, 3.8) is 0 Å². The van der Waals surface area contributed by atoms with Crippen LogP contribution < -0.4 is 15.4 Å². The summed E-state index contributed by atoms with van der Waals surface area (Å²) in [6, 6.07) is 5.91. The van der Waals surface area contributed by atoms with Crippen molar-refractivity contribution in [2.75, 3.05) is 19.1 Å². The molecule has 1 saturated carbocycles. The summed E-state index contributed by atoms with van der Waals surface area (Å²) in [6.07, 6.45) is -2.48. The molecule has 0 saturated heterocycles. The predicted molar refractivity (Wildman–Crippen MR) is 113 cm³/mol. The van der Waals surface area contributed by atoms with Gasteiger partial charge in [-0.1, -0.05) is 18.2 Å². The molecule has 1 aliphatic rings. The standard InChI is InChI=1S/C17H24F3N3O3S.HI/c1-11(8-9-27(3,24)25)22-16(21-2)23-14-10-13(14)12-6-4-5-7-15(12)26-17(18,19)20;/h4-7,11,13-14H,8-10H2,1-3H3,(H2,21,22,23);1H. The molecule has 0 spiro atoms. The van der Waals surface area contributed by atoms with Gasteiger partial charge in [-0.2, -0.15) is 0 Å². The number of sulfone groups is 1. The molecule has 2 N–H and O–H groups in total. The van der Waals surface area contributed by atoms with Gasteiger partial charge in [-0.3, -0.25) is 4.99 Å². The fraction of sp³-hybridized carbons (Fsp3) is 0.588. The molecule has 0 aromatic heterocycles. The minimum Gasteiger partial charge on any atom is -0.405 e. The number of guanidine groups is 1. The number of nitrogens with zero attached hydrogens (tertiary/aromatic N) is 1. The largest absolute Gasteiger partial charge is 0.573 e. The number of benzene rings is 1. The minimum atomic E-state index is -4.74. The normalized spacial score (nSPS) is 20.7. The lowest BCUT2D eigenvalue weighted by Crippen LogP contribution is -2.44. The van der Waals surface area contributed by atoms with Crippen LogP contribution in [0, 0.1) is 0 Å². The smallest absolute Gasteiger partial charge is 0.405 e. The van der Waals surface area contributed by atoms with Crippen LogP contribution in [-0.2, 0) is 9.84 Å². The Morgan fingerprint density at radius 2 is 2.00 bits per heavy atom. The van der Waals surface area contributed by atoms with Crippen molar-refractivity contribution < 1.29 is 26.3 Å². The Morgan fingerprint density at radius 1 is 1.36 bits per heavy atom. The van der Waals surface area contributed by atoms with Gasteiger partial charge >= 0.3 is 6.36 Å². The molecule has 11 heteroatoms. The summed E-state index contributed by atoms with van der Waals surface area (Å²) in [4.78, 5) is 4.10. The van der Waals surface area contributed by atoms with Crippen LogP contribution in [0.3, 0.4) is 0 Å². The molecule has 0 amide bonds. The van der Waals surface area contributed by atoms with Gasteiger partial charge in [-0.05, 0) is 31.4 Å². The van der Waals surface area contributed by atoms with E-state index in [0.29, 0.717) is 24.4 Å². The fourth-order valence-electron chi connectivity index (χ4n) is 2.75. The summed E-state index contributed by atoms with van der Waals surface area (Å²) in [5.74, 6) is 0.238. The second-order valence-electron chi connectivity index (χ2n) is 6.71. The molecule has 0 aliphatic heterocycles. The predicted octanol–water partition coefficient (Wildman–Crippen LogP) is 3.05. The quantitative estimate of drug-likeness (QED) is 0.319. The summed E-state index contributed by atoms with van der Waals surface area (Å²) < 4.78 is 64.3. The van der Waals surface area contributed by atoms with Gasteiger partial charge in [0, 0.05) is 31.3 Å². The zero-order valence-electron chi connectivity index (χ0n) is 15.8. The van der Waals surface area contributed by atoms with Gasteiger partial charge in [0.05, 0.1) is 5.75 Å². The van der Waals surface area contributed by atoms with Crippen LogP contribution in [0.25, 0.3) is 0 Å². The number of rotatable bonds is 7. The number of nitrogens with one attached hydrogen (secondary N) is 2. The Morgan fingerprint density at radius 3 is 2.57 bits per heavy atom. The molecule has 28 heavy (non-hydrogen) atoms. The van der Waals surface area contributed by atoms with Gasteiger partial charge < -0.3 is 15.4 Å². The van der Waals surface area contributed by atoms with Crippen LogP contribution >= 0.6 is 24.0 Å². The molecule has 3 atom stereocenters. The molecule has 0 radical (unpaired) electrons. The lowest BCUT2D eigenvalue weighted by molar-refractivity contribution is -0.274. The number of aliphatic imine (C=N–C) groups is 1. The summed E-state index contributed by atoms with van der Waals surface area (Å²) >= 11 is 0. The van der Waals surface area contributed by atoms with Crippen molar-refractivity contribution >= 4 is 39.8 Å². The molecule has 0 heterocycles. The second kappa shape index (κ2) is 9.99. The first kappa shape index (κ1) is 24.8. The van der Waals surface area contributed by atoms with E-state index >= 15 is 0 Å². The van der Waals surface area contributed by atoms with E-state index < -0.39 is 16.2 Å². The van der Waals surface area contributed by atoms with E-state index in [-0.39, 0.29) is 53.5 Å². The minimum absolute atomic E-state index is 0. The van der Waals surface area contributed by atoms with Crippen LogP contribution in [0.4, 0.5) is 13.2 Å². The number of hydrogen-bond acceptors (Lipinski definition) is 4. The van der Waals surface area contributed by atoms with E-state index in [4.69, 9.17) is 0 Å². The van der Waals surface area contributed by atoms with Gasteiger partial charge in [-0.25, -0.2) is 8.42 Å². The first-order valence-corrected chi connectivity index (χ1v) is 10.6. The molecule has 160 valence electrons. The molecule has 6 nitrogen and oxygen atoms in total. The number of ether oxygens (including phenoxy) is 1. The Labute approximate surface area is 180 Å². The van der Waals surface area contributed by atoms with E-state index in [1.807, 2.05) is 6.92 Å². The van der Waals surface area contributed by atoms with Gasteiger partial charge in [0.15, 0.2) is 5.96 Å². The van der Waals surface area contributed by atoms with E-state index in [9.17, 15) is 21.6 Å². The first-order chi connectivity index (χ1) is 12.5. The summed E-state index contributed by atoms with van der Waals surface area (Å²) in [6.45, 7) is 1.84. The maximum Gasteiger partial charge on any atom is 0.573 e. The third-order valence-corrected chi connectivity index (χ3v) is 5.16. The van der Waals surface area contributed by atoms with Crippen molar-refractivity contribution in [2.24, 2.45) is 4.99 Å². The van der Waals surface area contributed by atoms with Crippen LogP contribution in [-0.4, -0.2) is 51.9 Å². The zero-order chi connectivity index (χ0) is 20.2. The third kappa shape index (κ3) is 8.41. The highest BCUT2D eigenvalue weighted by Gasteiger charge is 2.42. The van der Waals surface area contributed by atoms with E-state index in [1.165, 1.54) is 18.4 Å². The molecule has 1 aliphatic carbocycles. The van der Waals surface area contributed by atoms with E-state index in [0.717, 1.165) is 0 Å². The molecule has 1 aromatic carbocycles. The Balaban J connectivity index is 0.00000392. The van der Waals surface area contributed by atoms with Gasteiger partial charge in [0.25, 0.3) is 0 Å². The molecule has 0 bridgehead atoms. The topological polar surface area (TPSA) is 79.8 Å². The molecule has 3 unspecified atom stereocenters. The summed E-state index contributed by atoms with van der Waals surface area (Å²) in [5, 5.41) is 6.26. The molecular formula is C17H25F3IN3O3S. The van der Waals surface area contributed by atoms with Crippen molar-refractivity contribution in [1.29, 1.82) is 0 Å². The van der Waals surface area contributed by atoms with Crippen LogP contribution in [0.15, 0.2) is 29.3 Å². The fourth-order valence-corrected chi connectivity index (χ4v) is 3.53. The number of alkyl halides is 3. The maximum absolute atomic E-state index is 12.6. The highest BCUT2D eigenvalue weighted by atomic mass is 127. The van der Waals surface area contributed by atoms with Gasteiger partial charge in [0.2, 0.25) is 0 Å². The molecule has 2 rings (SSSR count). The summed E-state index contributed by atoms with van der Waals surface area (Å²) in [7, 11) is -1.46. The lowest BCUT2D eigenvalue weighted by atomic mass is 10.1. The van der Waals surface area contributed by atoms with Crippen LogP contribution in [0.5, 0.6) is 5.75 Å². The average molecular weight is 535 g/mol. The van der Waals surface area contributed by atoms with Gasteiger partial charge in [-0.15, -0.1) is 37.1 Å². The van der Waals surface area contributed by atoms with Crippen LogP contribution in [0.2, 0.25) is 0 Å². The monoisotopic (exact) mass is 535 g/mol. The van der Waals surface area contributed by atoms with E-state index in [1.54, 1.807) is 19.2 Å². The second-order valence-corrected chi connectivity index (χ2v) is 8.97. The highest BCUT2D eigenvalue weighted by molar-refractivity contribution is 14.0. The molecule has 1 aromatic rings.